The van der Waals surface area contributed by atoms with E-state index in [0.29, 0.717) is 0 Å². The summed E-state index contributed by atoms with van der Waals surface area (Å²) in [4.78, 5) is 0. The Hall–Kier alpha value is -0.380. The van der Waals surface area contributed by atoms with Gasteiger partial charge in [0.1, 0.15) is 0 Å². The lowest BCUT2D eigenvalue weighted by Gasteiger charge is -2.25. The molecule has 1 heterocycles. The number of ether oxygens (including phenoxy) is 2. The Kier molecular flexibility index (Phi) is 3.72. The zero-order valence-electron chi connectivity index (χ0n) is 7.56. The van der Waals surface area contributed by atoms with Crippen molar-refractivity contribution in [2.24, 2.45) is 0 Å². The molecule has 0 saturated heterocycles. The Morgan fingerprint density at radius 3 is 3.00 bits per heavy atom. The number of aliphatic hydroxyl groups is 1. The SMILES string of the molecule is CC(C)O[C@H]1C=CC[C@H](CO)O1. The molecule has 0 saturated carbocycles. The summed E-state index contributed by atoms with van der Waals surface area (Å²) in [6.45, 7) is 3.97. The number of hydrogen-bond donors (Lipinski definition) is 1. The molecule has 1 aliphatic rings. The number of hydrogen-bond acceptors (Lipinski definition) is 3. The molecule has 0 aromatic heterocycles. The van der Waals surface area contributed by atoms with Gasteiger partial charge >= 0.3 is 0 Å². The van der Waals surface area contributed by atoms with Crippen LogP contribution in [0, 0.1) is 0 Å². The third kappa shape index (κ3) is 2.93. The first kappa shape index (κ1) is 9.71. The fraction of sp³-hybridized carbons (Fsp3) is 0.778. The lowest BCUT2D eigenvalue weighted by atomic mass is 10.2. The maximum Gasteiger partial charge on any atom is 0.177 e. The van der Waals surface area contributed by atoms with Crippen molar-refractivity contribution in [2.75, 3.05) is 6.61 Å². The Labute approximate surface area is 73.0 Å². The van der Waals surface area contributed by atoms with Crippen molar-refractivity contribution in [3.8, 4) is 0 Å². The Bertz CT molecular complexity index is 154. The molecule has 0 aromatic carbocycles. The smallest absolute Gasteiger partial charge is 0.177 e. The molecule has 0 aromatic rings. The van der Waals surface area contributed by atoms with Crippen LogP contribution in [0.5, 0.6) is 0 Å². The van der Waals surface area contributed by atoms with Crippen LogP contribution in [0.25, 0.3) is 0 Å². The quantitative estimate of drug-likeness (QED) is 0.647. The largest absolute Gasteiger partial charge is 0.394 e. The van der Waals surface area contributed by atoms with Crippen LogP contribution in [0.4, 0.5) is 0 Å². The van der Waals surface area contributed by atoms with Gasteiger partial charge in [-0.1, -0.05) is 6.08 Å². The average Bonchev–Trinajstić information content (AvgIpc) is 2.03. The summed E-state index contributed by atoms with van der Waals surface area (Å²) in [5.74, 6) is 0. The molecular weight excluding hydrogens is 156 g/mol. The maximum absolute atomic E-state index is 8.83. The van der Waals surface area contributed by atoms with Gasteiger partial charge in [-0.3, -0.25) is 0 Å². The fourth-order valence-electron chi connectivity index (χ4n) is 1.10. The zero-order chi connectivity index (χ0) is 8.97. The second-order valence-electron chi connectivity index (χ2n) is 3.16. The van der Waals surface area contributed by atoms with Gasteiger partial charge in [-0.15, -0.1) is 0 Å². The van der Waals surface area contributed by atoms with E-state index in [-0.39, 0.29) is 25.1 Å². The Morgan fingerprint density at radius 1 is 1.67 bits per heavy atom. The van der Waals surface area contributed by atoms with Gasteiger partial charge in [0.25, 0.3) is 0 Å². The normalized spacial score (nSPS) is 29.7. The second kappa shape index (κ2) is 4.60. The summed E-state index contributed by atoms with van der Waals surface area (Å²) in [5.41, 5.74) is 0. The molecule has 3 nitrogen and oxygen atoms in total. The van der Waals surface area contributed by atoms with Crippen molar-refractivity contribution >= 4 is 0 Å². The summed E-state index contributed by atoms with van der Waals surface area (Å²) in [7, 11) is 0. The zero-order valence-corrected chi connectivity index (χ0v) is 7.56. The predicted molar refractivity (Wildman–Crippen MR) is 45.7 cm³/mol. The topological polar surface area (TPSA) is 38.7 Å². The van der Waals surface area contributed by atoms with E-state index in [4.69, 9.17) is 14.6 Å². The van der Waals surface area contributed by atoms with Crippen LogP contribution in [-0.2, 0) is 9.47 Å². The molecule has 70 valence electrons. The van der Waals surface area contributed by atoms with E-state index in [0.717, 1.165) is 6.42 Å². The van der Waals surface area contributed by atoms with Crippen LogP contribution in [0.15, 0.2) is 12.2 Å². The summed E-state index contributed by atoms with van der Waals surface area (Å²) in [6.07, 6.45) is 4.41. The van der Waals surface area contributed by atoms with Crippen molar-refractivity contribution in [1.82, 2.24) is 0 Å². The van der Waals surface area contributed by atoms with Gasteiger partial charge in [-0.2, -0.15) is 0 Å². The van der Waals surface area contributed by atoms with Crippen molar-refractivity contribution in [2.45, 2.75) is 38.8 Å². The van der Waals surface area contributed by atoms with Crippen LogP contribution < -0.4 is 0 Å². The Morgan fingerprint density at radius 2 is 2.42 bits per heavy atom. The first-order valence-electron chi connectivity index (χ1n) is 4.31. The lowest BCUT2D eigenvalue weighted by Crippen LogP contribution is -2.30. The molecule has 0 amide bonds. The third-order valence-electron chi connectivity index (χ3n) is 1.63. The van der Waals surface area contributed by atoms with Crippen molar-refractivity contribution in [3.05, 3.63) is 12.2 Å². The van der Waals surface area contributed by atoms with Gasteiger partial charge in [0, 0.05) is 0 Å². The van der Waals surface area contributed by atoms with Crippen LogP contribution >= 0.6 is 0 Å². The van der Waals surface area contributed by atoms with Crippen LogP contribution in [0.3, 0.4) is 0 Å². The van der Waals surface area contributed by atoms with Gasteiger partial charge in [0.15, 0.2) is 6.29 Å². The van der Waals surface area contributed by atoms with E-state index in [2.05, 4.69) is 0 Å². The van der Waals surface area contributed by atoms with E-state index in [1.54, 1.807) is 0 Å². The van der Waals surface area contributed by atoms with E-state index >= 15 is 0 Å². The first-order valence-corrected chi connectivity index (χ1v) is 4.31. The van der Waals surface area contributed by atoms with Crippen molar-refractivity contribution in [1.29, 1.82) is 0 Å². The van der Waals surface area contributed by atoms with Crippen LogP contribution in [0.2, 0.25) is 0 Å². The molecule has 0 fully saturated rings. The van der Waals surface area contributed by atoms with Gasteiger partial charge < -0.3 is 14.6 Å². The van der Waals surface area contributed by atoms with Crippen LogP contribution in [0.1, 0.15) is 20.3 Å². The van der Waals surface area contributed by atoms with E-state index in [9.17, 15) is 0 Å². The van der Waals surface area contributed by atoms with Crippen molar-refractivity contribution < 1.29 is 14.6 Å². The summed E-state index contributed by atoms with van der Waals surface area (Å²) < 4.78 is 10.8. The van der Waals surface area contributed by atoms with Crippen LogP contribution in [-0.4, -0.2) is 30.2 Å². The Balaban J connectivity index is 2.35. The molecule has 12 heavy (non-hydrogen) atoms. The predicted octanol–water partition coefficient (Wildman–Crippen LogP) is 1.07. The third-order valence-corrected chi connectivity index (χ3v) is 1.63. The van der Waals surface area contributed by atoms with Gasteiger partial charge in [-0.05, 0) is 26.3 Å². The molecule has 0 spiro atoms. The lowest BCUT2D eigenvalue weighted by molar-refractivity contribution is -0.172. The molecule has 0 radical (unpaired) electrons. The molecule has 1 N–H and O–H groups in total. The average molecular weight is 172 g/mol. The molecule has 0 bridgehead atoms. The highest BCUT2D eigenvalue weighted by Crippen LogP contribution is 2.13. The monoisotopic (exact) mass is 172 g/mol. The highest BCUT2D eigenvalue weighted by molar-refractivity contribution is 4.92. The van der Waals surface area contributed by atoms with Crippen molar-refractivity contribution in [3.63, 3.8) is 0 Å². The maximum atomic E-state index is 8.83. The standard InChI is InChI=1S/C9H16O3/c1-7(2)11-9-5-3-4-8(6-10)12-9/h3,5,7-10H,4,6H2,1-2H3/t8-,9-/m1/s1. The molecule has 1 aliphatic heterocycles. The minimum atomic E-state index is -0.282. The summed E-state index contributed by atoms with van der Waals surface area (Å²) in [6, 6.07) is 0. The van der Waals surface area contributed by atoms with E-state index in [1.807, 2.05) is 26.0 Å². The highest BCUT2D eigenvalue weighted by Gasteiger charge is 2.18. The fourth-order valence-corrected chi connectivity index (χ4v) is 1.10. The minimum absolute atomic E-state index is 0.0578. The molecule has 0 unspecified atom stereocenters. The van der Waals surface area contributed by atoms with Gasteiger partial charge in [0.2, 0.25) is 0 Å². The molecular formula is C9H16O3. The highest BCUT2D eigenvalue weighted by atomic mass is 16.7. The molecule has 0 aliphatic carbocycles. The molecule has 1 rings (SSSR count). The summed E-state index contributed by atoms with van der Waals surface area (Å²) in [5, 5.41) is 8.83. The van der Waals surface area contributed by atoms with E-state index in [1.165, 1.54) is 0 Å². The summed E-state index contributed by atoms with van der Waals surface area (Å²) >= 11 is 0. The van der Waals surface area contributed by atoms with E-state index < -0.39 is 0 Å². The molecule has 2 atom stereocenters. The second-order valence-corrected chi connectivity index (χ2v) is 3.16. The van der Waals surface area contributed by atoms with Gasteiger partial charge in [0.05, 0.1) is 18.8 Å². The van der Waals surface area contributed by atoms with Gasteiger partial charge in [-0.25, -0.2) is 0 Å². The number of rotatable bonds is 3. The molecule has 3 heteroatoms. The number of aliphatic hydroxyl groups excluding tert-OH is 1. The first-order chi connectivity index (χ1) is 5.72. The minimum Gasteiger partial charge on any atom is -0.394 e.